The van der Waals surface area contributed by atoms with E-state index in [-0.39, 0.29) is 18.3 Å². The van der Waals surface area contributed by atoms with Crippen molar-refractivity contribution in [3.05, 3.63) is 59.5 Å². The van der Waals surface area contributed by atoms with E-state index in [4.69, 9.17) is 4.74 Å². The summed E-state index contributed by atoms with van der Waals surface area (Å²) < 4.78 is 35.2. The van der Waals surface area contributed by atoms with E-state index in [0.717, 1.165) is 12.0 Å². The standard InChI is InChI=1S/C20H18F2N2O3S/c1-2-13-7-3-5-9-16(13)26-11-18(25)24-20-23-15(12-28-20)14-8-4-6-10-17(14)27-19(21)22/h3-10,12,19H,2,11H2,1H3,(H,23,24,25). The van der Waals surface area contributed by atoms with Crippen LogP contribution in [0.1, 0.15) is 12.5 Å². The number of alkyl halides is 2. The Morgan fingerprint density at radius 3 is 2.61 bits per heavy atom. The Morgan fingerprint density at radius 2 is 1.86 bits per heavy atom. The lowest BCUT2D eigenvalue weighted by molar-refractivity contribution is -0.118. The lowest BCUT2D eigenvalue weighted by Gasteiger charge is -2.09. The van der Waals surface area contributed by atoms with Gasteiger partial charge >= 0.3 is 6.61 Å². The molecule has 146 valence electrons. The minimum Gasteiger partial charge on any atom is -0.483 e. The van der Waals surface area contributed by atoms with Gasteiger partial charge in [-0.05, 0) is 30.2 Å². The van der Waals surface area contributed by atoms with Crippen LogP contribution in [0.2, 0.25) is 0 Å². The fourth-order valence-electron chi connectivity index (χ4n) is 2.57. The normalized spacial score (nSPS) is 10.7. The van der Waals surface area contributed by atoms with Crippen molar-refractivity contribution in [3.8, 4) is 22.8 Å². The average Bonchev–Trinajstić information content (AvgIpc) is 3.14. The van der Waals surface area contributed by atoms with Crippen LogP contribution >= 0.6 is 11.3 Å². The third-order valence-electron chi connectivity index (χ3n) is 3.84. The van der Waals surface area contributed by atoms with Crippen molar-refractivity contribution in [2.45, 2.75) is 20.0 Å². The molecule has 1 aromatic heterocycles. The van der Waals surface area contributed by atoms with Gasteiger partial charge in [0.25, 0.3) is 5.91 Å². The molecule has 3 aromatic rings. The second kappa shape index (κ2) is 9.27. The first-order valence-corrected chi connectivity index (χ1v) is 9.45. The van der Waals surface area contributed by atoms with E-state index in [1.807, 2.05) is 31.2 Å². The van der Waals surface area contributed by atoms with Gasteiger partial charge in [-0.2, -0.15) is 8.78 Å². The number of ether oxygens (including phenoxy) is 2. The van der Waals surface area contributed by atoms with Crippen LogP contribution in [0.4, 0.5) is 13.9 Å². The minimum atomic E-state index is -2.93. The number of nitrogens with one attached hydrogen (secondary N) is 1. The van der Waals surface area contributed by atoms with Crippen molar-refractivity contribution < 1.29 is 23.0 Å². The van der Waals surface area contributed by atoms with Gasteiger partial charge in [0.1, 0.15) is 11.5 Å². The average molecular weight is 404 g/mol. The minimum absolute atomic E-state index is 0.0279. The summed E-state index contributed by atoms with van der Waals surface area (Å²) in [6, 6.07) is 13.9. The Kier molecular flexibility index (Phi) is 6.54. The fraction of sp³-hybridized carbons (Fsp3) is 0.200. The first-order chi connectivity index (χ1) is 13.6. The maximum Gasteiger partial charge on any atom is 0.387 e. The van der Waals surface area contributed by atoms with E-state index in [2.05, 4.69) is 15.0 Å². The number of halogens is 2. The van der Waals surface area contributed by atoms with Gasteiger partial charge in [-0.15, -0.1) is 11.3 Å². The van der Waals surface area contributed by atoms with E-state index in [0.29, 0.717) is 22.1 Å². The Morgan fingerprint density at radius 1 is 1.14 bits per heavy atom. The number of hydrogen-bond acceptors (Lipinski definition) is 5. The number of hydrogen-bond donors (Lipinski definition) is 1. The van der Waals surface area contributed by atoms with Crippen molar-refractivity contribution in [2.75, 3.05) is 11.9 Å². The van der Waals surface area contributed by atoms with Crippen LogP contribution in [0.5, 0.6) is 11.5 Å². The van der Waals surface area contributed by atoms with Gasteiger partial charge in [0, 0.05) is 10.9 Å². The van der Waals surface area contributed by atoms with Gasteiger partial charge in [0.05, 0.1) is 5.69 Å². The largest absolute Gasteiger partial charge is 0.483 e. The number of thiazole rings is 1. The van der Waals surface area contributed by atoms with Gasteiger partial charge < -0.3 is 9.47 Å². The van der Waals surface area contributed by atoms with Crippen molar-refractivity contribution in [3.63, 3.8) is 0 Å². The molecule has 1 heterocycles. The monoisotopic (exact) mass is 404 g/mol. The summed E-state index contributed by atoms with van der Waals surface area (Å²) in [6.07, 6.45) is 0.799. The van der Waals surface area contributed by atoms with E-state index < -0.39 is 6.61 Å². The number of carbonyl (C=O) groups excluding carboxylic acids is 1. The van der Waals surface area contributed by atoms with E-state index in [1.54, 1.807) is 23.6 Å². The molecular formula is C20H18F2N2O3S. The molecule has 0 fully saturated rings. The Bertz CT molecular complexity index is 946. The molecule has 0 unspecified atom stereocenters. The lowest BCUT2D eigenvalue weighted by Crippen LogP contribution is -2.20. The van der Waals surface area contributed by atoms with E-state index in [1.165, 1.54) is 17.4 Å². The van der Waals surface area contributed by atoms with Crippen molar-refractivity contribution in [1.29, 1.82) is 0 Å². The molecule has 3 rings (SSSR count). The number of rotatable bonds is 8. The zero-order valence-corrected chi connectivity index (χ0v) is 15.8. The van der Waals surface area contributed by atoms with Crippen molar-refractivity contribution in [1.82, 2.24) is 4.98 Å². The third kappa shape index (κ3) is 5.04. The van der Waals surface area contributed by atoms with E-state index in [9.17, 15) is 13.6 Å². The molecule has 0 saturated carbocycles. The topological polar surface area (TPSA) is 60.5 Å². The quantitative estimate of drug-likeness (QED) is 0.575. The molecule has 0 aliphatic rings. The molecular weight excluding hydrogens is 386 g/mol. The number of aryl methyl sites for hydroxylation is 1. The molecule has 5 nitrogen and oxygen atoms in total. The van der Waals surface area contributed by atoms with Crippen molar-refractivity contribution >= 4 is 22.4 Å². The van der Waals surface area contributed by atoms with Gasteiger partial charge in [-0.3, -0.25) is 10.1 Å². The maximum absolute atomic E-state index is 12.6. The van der Waals surface area contributed by atoms with Crippen LogP contribution < -0.4 is 14.8 Å². The van der Waals surface area contributed by atoms with Crippen LogP contribution in [0.3, 0.4) is 0 Å². The second-order valence-electron chi connectivity index (χ2n) is 5.71. The highest BCUT2D eigenvalue weighted by Crippen LogP contribution is 2.33. The second-order valence-corrected chi connectivity index (χ2v) is 6.57. The summed E-state index contributed by atoms with van der Waals surface area (Å²) in [4.78, 5) is 16.4. The van der Waals surface area contributed by atoms with Crippen LogP contribution in [-0.4, -0.2) is 24.1 Å². The molecule has 0 saturated heterocycles. The number of aromatic nitrogens is 1. The Labute approximate surface area is 164 Å². The Hall–Kier alpha value is -3.00. The fourth-order valence-corrected chi connectivity index (χ4v) is 3.29. The smallest absolute Gasteiger partial charge is 0.387 e. The number of anilines is 1. The van der Waals surface area contributed by atoms with Gasteiger partial charge in [0.2, 0.25) is 0 Å². The number of carbonyl (C=O) groups is 1. The van der Waals surface area contributed by atoms with Crippen LogP contribution in [-0.2, 0) is 11.2 Å². The highest BCUT2D eigenvalue weighted by molar-refractivity contribution is 7.14. The van der Waals surface area contributed by atoms with Gasteiger partial charge in [-0.1, -0.05) is 37.3 Å². The molecule has 2 aromatic carbocycles. The summed E-state index contributed by atoms with van der Waals surface area (Å²) in [5, 5.41) is 4.66. The first kappa shape index (κ1) is 19.8. The van der Waals surface area contributed by atoms with Crippen molar-refractivity contribution in [2.24, 2.45) is 0 Å². The molecule has 0 radical (unpaired) electrons. The molecule has 1 N–H and O–H groups in total. The van der Waals surface area contributed by atoms with Crippen LogP contribution in [0.25, 0.3) is 11.3 Å². The molecule has 0 aliphatic carbocycles. The third-order valence-corrected chi connectivity index (χ3v) is 4.60. The molecule has 28 heavy (non-hydrogen) atoms. The Balaban J connectivity index is 1.64. The summed E-state index contributed by atoms with van der Waals surface area (Å²) in [5.41, 5.74) is 1.88. The number of benzene rings is 2. The van der Waals surface area contributed by atoms with Gasteiger partial charge in [-0.25, -0.2) is 4.98 Å². The highest BCUT2D eigenvalue weighted by atomic mass is 32.1. The predicted octanol–water partition coefficient (Wildman–Crippen LogP) is 4.99. The summed E-state index contributed by atoms with van der Waals surface area (Å²) in [7, 11) is 0. The molecule has 8 heteroatoms. The summed E-state index contributed by atoms with van der Waals surface area (Å²) in [5.74, 6) is 0.335. The van der Waals surface area contributed by atoms with Gasteiger partial charge in [0.15, 0.2) is 11.7 Å². The number of para-hydroxylation sites is 2. The summed E-state index contributed by atoms with van der Waals surface area (Å²) in [6.45, 7) is -1.08. The highest BCUT2D eigenvalue weighted by Gasteiger charge is 2.14. The zero-order valence-electron chi connectivity index (χ0n) is 15.0. The summed E-state index contributed by atoms with van der Waals surface area (Å²) >= 11 is 1.19. The molecule has 0 bridgehead atoms. The molecule has 1 amide bonds. The van der Waals surface area contributed by atoms with Crippen LogP contribution in [0, 0.1) is 0 Å². The molecule has 0 aliphatic heterocycles. The zero-order chi connectivity index (χ0) is 19.9. The van der Waals surface area contributed by atoms with Crippen LogP contribution in [0.15, 0.2) is 53.9 Å². The predicted molar refractivity (Wildman–Crippen MR) is 104 cm³/mol. The van der Waals surface area contributed by atoms with E-state index >= 15 is 0 Å². The SMILES string of the molecule is CCc1ccccc1OCC(=O)Nc1nc(-c2ccccc2OC(F)F)cs1. The number of nitrogens with zero attached hydrogens (tertiary/aromatic N) is 1. The number of amides is 1. The first-order valence-electron chi connectivity index (χ1n) is 8.57. The molecule has 0 atom stereocenters. The lowest BCUT2D eigenvalue weighted by atomic mass is 10.1. The molecule has 0 spiro atoms. The maximum atomic E-state index is 12.6.